The van der Waals surface area contributed by atoms with E-state index in [1.165, 1.54) is 20.8 Å². The van der Waals surface area contributed by atoms with Crippen molar-refractivity contribution in [3.63, 3.8) is 0 Å². The summed E-state index contributed by atoms with van der Waals surface area (Å²) < 4.78 is 4.81. The van der Waals surface area contributed by atoms with Gasteiger partial charge >= 0.3 is 0 Å². The second-order valence-corrected chi connectivity index (χ2v) is 6.52. The molecule has 0 radical (unpaired) electrons. The number of para-hydroxylation sites is 1. The molecule has 0 saturated heterocycles. The fourth-order valence-electron chi connectivity index (χ4n) is 2.24. The Morgan fingerprint density at radius 2 is 1.80 bits per heavy atom. The van der Waals surface area contributed by atoms with Crippen molar-refractivity contribution in [3.8, 4) is 0 Å². The first kappa shape index (κ1) is 13.5. The molecule has 0 aliphatic carbocycles. The molecule has 0 atom stereocenters. The minimum absolute atomic E-state index is 0.990. The molecule has 100 valence electrons. The van der Waals surface area contributed by atoms with Crippen LogP contribution in [0.1, 0.15) is 17.5 Å². The fraction of sp³-hybridized carbons (Fsp3) is 0.118. The summed E-state index contributed by atoms with van der Waals surface area (Å²) in [7, 11) is 0. The summed E-state index contributed by atoms with van der Waals surface area (Å²) in [6.45, 7) is 3.18. The maximum atomic E-state index is 3.46. The van der Waals surface area contributed by atoms with Gasteiger partial charge in [0.05, 0.1) is 0 Å². The Labute approximate surface area is 131 Å². The lowest BCUT2D eigenvalue weighted by molar-refractivity contribution is -0.665. The van der Waals surface area contributed by atoms with Crippen molar-refractivity contribution in [2.45, 2.75) is 13.5 Å². The van der Waals surface area contributed by atoms with Crippen molar-refractivity contribution >= 4 is 49.6 Å². The Hall–Kier alpha value is -1.45. The number of aryl methyl sites for hydroxylation is 1. The van der Waals surface area contributed by atoms with E-state index in [1.807, 2.05) is 11.3 Å². The average Bonchev–Trinajstić information content (AvgIpc) is 2.84. The van der Waals surface area contributed by atoms with Gasteiger partial charge in [0.1, 0.15) is 11.2 Å². The van der Waals surface area contributed by atoms with Crippen LogP contribution in [-0.4, -0.2) is 0 Å². The molecule has 0 aliphatic heterocycles. The highest BCUT2D eigenvalue weighted by molar-refractivity contribution is 9.10. The van der Waals surface area contributed by atoms with E-state index in [0.29, 0.717) is 0 Å². The van der Waals surface area contributed by atoms with Crippen molar-refractivity contribution in [1.82, 2.24) is 0 Å². The molecule has 0 unspecified atom stereocenters. The molecule has 1 aromatic heterocycles. The number of hydrogen-bond donors (Lipinski definition) is 0. The van der Waals surface area contributed by atoms with E-state index < -0.39 is 0 Å². The minimum atomic E-state index is 0.990. The highest BCUT2D eigenvalue weighted by Gasteiger charge is 2.15. The second-order valence-electron chi connectivity index (χ2n) is 4.54. The zero-order valence-electron chi connectivity index (χ0n) is 11.2. The van der Waals surface area contributed by atoms with Crippen LogP contribution in [0.4, 0.5) is 0 Å². The van der Waals surface area contributed by atoms with Gasteiger partial charge in [0, 0.05) is 16.6 Å². The van der Waals surface area contributed by atoms with Gasteiger partial charge in [-0.1, -0.05) is 51.5 Å². The number of fused-ring (bicyclic) bond motifs is 1. The highest BCUT2D eigenvalue weighted by Crippen LogP contribution is 2.22. The van der Waals surface area contributed by atoms with Crippen molar-refractivity contribution < 1.29 is 4.57 Å². The predicted molar refractivity (Wildman–Crippen MR) is 90.8 cm³/mol. The molecule has 0 spiro atoms. The van der Waals surface area contributed by atoms with E-state index in [9.17, 15) is 0 Å². The molecule has 2 aromatic carbocycles. The molecular weight excluding hydrogens is 330 g/mol. The van der Waals surface area contributed by atoms with Gasteiger partial charge in [-0.2, -0.15) is 4.57 Å². The largest absolute Gasteiger partial charge is 0.262 e. The van der Waals surface area contributed by atoms with Crippen molar-refractivity contribution in [2.75, 3.05) is 0 Å². The van der Waals surface area contributed by atoms with E-state index in [0.717, 1.165) is 11.0 Å². The Morgan fingerprint density at radius 3 is 2.55 bits per heavy atom. The van der Waals surface area contributed by atoms with E-state index in [2.05, 4.69) is 88.1 Å². The van der Waals surface area contributed by atoms with Crippen molar-refractivity contribution in [2.24, 2.45) is 0 Å². The molecule has 1 nitrogen and oxygen atoms in total. The number of benzene rings is 2. The van der Waals surface area contributed by atoms with Gasteiger partial charge in [0.15, 0.2) is 0 Å². The molecule has 0 fully saturated rings. The van der Waals surface area contributed by atoms with Gasteiger partial charge in [-0.25, -0.2) is 0 Å². The topological polar surface area (TPSA) is 3.88 Å². The zero-order chi connectivity index (χ0) is 13.9. The smallest absolute Gasteiger partial charge is 0.182 e. The summed E-state index contributed by atoms with van der Waals surface area (Å²) in [4.78, 5) is 0. The van der Waals surface area contributed by atoms with Crippen LogP contribution in [0.5, 0.6) is 0 Å². The summed E-state index contributed by atoms with van der Waals surface area (Å²) in [5, 5.41) is 1.29. The van der Waals surface area contributed by atoms with Crippen molar-refractivity contribution in [1.29, 1.82) is 0 Å². The summed E-state index contributed by atoms with van der Waals surface area (Å²) in [5.41, 5.74) is 2.53. The minimum Gasteiger partial charge on any atom is -0.182 e. The summed E-state index contributed by atoms with van der Waals surface area (Å²) in [6.07, 6.45) is 4.38. The van der Waals surface area contributed by atoms with Gasteiger partial charge in [-0.3, -0.25) is 0 Å². The average molecular weight is 345 g/mol. The molecule has 3 rings (SSSR count). The second kappa shape index (κ2) is 5.90. The molecule has 0 N–H and O–H groups in total. The number of thiazole rings is 1. The van der Waals surface area contributed by atoms with Crippen LogP contribution in [0.3, 0.4) is 0 Å². The Bertz CT molecular complexity index is 756. The lowest BCUT2D eigenvalue weighted by Gasteiger charge is -1.93. The third-order valence-electron chi connectivity index (χ3n) is 3.24. The Balaban J connectivity index is 1.99. The molecule has 0 aliphatic rings. The lowest BCUT2D eigenvalue weighted by atomic mass is 10.2. The molecule has 3 aromatic rings. The Morgan fingerprint density at radius 1 is 1.05 bits per heavy atom. The first-order valence-corrected chi connectivity index (χ1v) is 8.24. The van der Waals surface area contributed by atoms with Crippen LogP contribution >= 0.6 is 27.3 Å². The molecule has 0 bridgehead atoms. The maximum Gasteiger partial charge on any atom is 0.262 e. The van der Waals surface area contributed by atoms with Crippen LogP contribution in [0.2, 0.25) is 0 Å². The number of nitrogens with zero attached hydrogens (tertiary/aromatic N) is 1. The lowest BCUT2D eigenvalue weighted by Crippen LogP contribution is -2.33. The first-order valence-electron chi connectivity index (χ1n) is 6.63. The number of halogens is 1. The van der Waals surface area contributed by atoms with Crippen LogP contribution < -0.4 is 4.57 Å². The summed E-state index contributed by atoms with van der Waals surface area (Å²) >= 11 is 5.30. The fourth-order valence-corrected chi connectivity index (χ4v) is 3.64. The Kier molecular flexibility index (Phi) is 3.99. The van der Waals surface area contributed by atoms with Crippen LogP contribution in [-0.2, 0) is 6.54 Å². The standard InChI is InChI=1S/C17H15BrNS/c1-2-19-15-5-3-4-6-16(15)20-17(19)12-9-13-7-10-14(18)11-8-13/h3-12H,2H2,1H3/q+1/b12-9+. The molecule has 3 heteroatoms. The van der Waals surface area contributed by atoms with Crippen LogP contribution in [0.25, 0.3) is 22.4 Å². The molecule has 0 amide bonds. The van der Waals surface area contributed by atoms with Gasteiger partial charge in [-0.15, -0.1) is 0 Å². The van der Waals surface area contributed by atoms with E-state index in [4.69, 9.17) is 0 Å². The highest BCUT2D eigenvalue weighted by atomic mass is 79.9. The van der Waals surface area contributed by atoms with E-state index in [-0.39, 0.29) is 0 Å². The third kappa shape index (κ3) is 2.69. The van der Waals surface area contributed by atoms with Gasteiger partial charge < -0.3 is 0 Å². The van der Waals surface area contributed by atoms with Gasteiger partial charge in [0.25, 0.3) is 5.01 Å². The van der Waals surface area contributed by atoms with E-state index in [1.54, 1.807) is 0 Å². The quantitative estimate of drug-likeness (QED) is 0.579. The summed E-state index contributed by atoms with van der Waals surface area (Å²) in [6, 6.07) is 16.9. The molecule has 1 heterocycles. The normalized spacial score (nSPS) is 11.5. The number of aromatic nitrogens is 1. The molecular formula is C17H15BrNS+. The van der Waals surface area contributed by atoms with E-state index >= 15 is 0 Å². The number of hydrogen-bond acceptors (Lipinski definition) is 1. The van der Waals surface area contributed by atoms with Crippen molar-refractivity contribution in [3.05, 3.63) is 63.6 Å². The first-order chi connectivity index (χ1) is 9.78. The third-order valence-corrected chi connectivity index (χ3v) is 4.90. The molecule has 0 saturated carbocycles. The summed E-state index contributed by atoms with van der Waals surface area (Å²) in [5.74, 6) is 0. The van der Waals surface area contributed by atoms with Crippen LogP contribution in [0.15, 0.2) is 53.0 Å². The van der Waals surface area contributed by atoms with Crippen LogP contribution in [0, 0.1) is 0 Å². The van der Waals surface area contributed by atoms with Gasteiger partial charge in [0.2, 0.25) is 5.52 Å². The zero-order valence-corrected chi connectivity index (χ0v) is 13.6. The number of rotatable bonds is 3. The monoisotopic (exact) mass is 344 g/mol. The molecule has 20 heavy (non-hydrogen) atoms. The maximum absolute atomic E-state index is 3.46. The van der Waals surface area contributed by atoms with Gasteiger partial charge in [-0.05, 0) is 36.8 Å². The SMILES string of the molecule is CC[n+]1c(/C=C/c2ccc(Br)cc2)sc2ccccc21. The predicted octanol–water partition coefficient (Wildman–Crippen LogP) is 5.14.